The van der Waals surface area contributed by atoms with E-state index in [9.17, 15) is 18.0 Å². The third-order valence-corrected chi connectivity index (χ3v) is 2.43. The molecule has 0 spiro atoms. The van der Waals surface area contributed by atoms with Gasteiger partial charge in [0, 0.05) is 6.20 Å². The van der Waals surface area contributed by atoms with Crippen LogP contribution in [0.25, 0.3) is 0 Å². The quantitative estimate of drug-likeness (QED) is 0.871. The molecular formula is C11H13F3N2O. The first kappa shape index (κ1) is 13.5. The SMILES string of the molecule is Cc1ccc(NC(=O)C(C)(C)C(F)(F)F)nc1. The van der Waals surface area contributed by atoms with Gasteiger partial charge in [-0.3, -0.25) is 4.79 Å². The summed E-state index contributed by atoms with van der Waals surface area (Å²) >= 11 is 0. The zero-order chi connectivity index (χ0) is 13.3. The van der Waals surface area contributed by atoms with Crippen molar-refractivity contribution in [1.29, 1.82) is 0 Å². The lowest BCUT2D eigenvalue weighted by molar-refractivity contribution is -0.208. The minimum Gasteiger partial charge on any atom is -0.310 e. The van der Waals surface area contributed by atoms with Gasteiger partial charge in [0.2, 0.25) is 5.91 Å². The molecule has 0 saturated heterocycles. The Balaban J connectivity index is 2.83. The van der Waals surface area contributed by atoms with E-state index < -0.39 is 17.5 Å². The molecule has 1 rings (SSSR count). The lowest BCUT2D eigenvalue weighted by atomic mass is 9.91. The standard InChI is InChI=1S/C11H13F3N2O/c1-7-4-5-8(15-6-7)16-9(17)10(2,3)11(12,13)14/h4-6H,1-3H3,(H,15,16,17). The third-order valence-electron chi connectivity index (χ3n) is 2.43. The molecule has 0 saturated carbocycles. The third kappa shape index (κ3) is 2.95. The van der Waals surface area contributed by atoms with Crippen molar-refractivity contribution >= 4 is 11.7 Å². The summed E-state index contributed by atoms with van der Waals surface area (Å²) < 4.78 is 37.7. The minimum atomic E-state index is -4.60. The van der Waals surface area contributed by atoms with Crippen molar-refractivity contribution in [3.05, 3.63) is 23.9 Å². The highest BCUT2D eigenvalue weighted by molar-refractivity contribution is 5.94. The van der Waals surface area contributed by atoms with Crippen molar-refractivity contribution in [3.8, 4) is 0 Å². The molecule has 3 nitrogen and oxygen atoms in total. The molecule has 1 aromatic heterocycles. The van der Waals surface area contributed by atoms with Crippen molar-refractivity contribution in [2.75, 3.05) is 5.32 Å². The molecule has 1 heterocycles. The van der Waals surface area contributed by atoms with E-state index in [4.69, 9.17) is 0 Å². The Morgan fingerprint density at radius 1 is 1.29 bits per heavy atom. The van der Waals surface area contributed by atoms with Crippen LogP contribution in [0.1, 0.15) is 19.4 Å². The highest BCUT2D eigenvalue weighted by atomic mass is 19.4. The summed E-state index contributed by atoms with van der Waals surface area (Å²) in [5.41, 5.74) is -1.59. The molecule has 17 heavy (non-hydrogen) atoms. The number of alkyl halides is 3. The molecule has 1 amide bonds. The fourth-order valence-electron chi connectivity index (χ4n) is 0.943. The smallest absolute Gasteiger partial charge is 0.310 e. The fourth-order valence-corrected chi connectivity index (χ4v) is 0.943. The number of aromatic nitrogens is 1. The predicted octanol–water partition coefficient (Wildman–Crippen LogP) is 2.92. The Bertz CT molecular complexity index is 410. The molecule has 94 valence electrons. The van der Waals surface area contributed by atoms with Gasteiger partial charge in [0.15, 0.2) is 0 Å². The number of carbonyl (C=O) groups excluding carboxylic acids is 1. The van der Waals surface area contributed by atoms with Crippen molar-refractivity contribution in [1.82, 2.24) is 4.98 Å². The minimum absolute atomic E-state index is 0.109. The van der Waals surface area contributed by atoms with Gasteiger partial charge >= 0.3 is 6.18 Å². The van der Waals surface area contributed by atoms with Gasteiger partial charge in [0.25, 0.3) is 0 Å². The van der Waals surface area contributed by atoms with Gasteiger partial charge in [-0.15, -0.1) is 0 Å². The average molecular weight is 246 g/mol. The molecule has 0 aromatic carbocycles. The van der Waals surface area contributed by atoms with Crippen LogP contribution in [0.5, 0.6) is 0 Å². The summed E-state index contributed by atoms with van der Waals surface area (Å²) in [6.45, 7) is 3.45. The Labute approximate surface area is 97.0 Å². The van der Waals surface area contributed by atoms with Gasteiger partial charge in [0.05, 0.1) is 0 Å². The van der Waals surface area contributed by atoms with E-state index in [1.54, 1.807) is 13.0 Å². The number of rotatable bonds is 2. The Kier molecular flexibility index (Phi) is 3.45. The Morgan fingerprint density at radius 3 is 2.29 bits per heavy atom. The van der Waals surface area contributed by atoms with E-state index in [0.29, 0.717) is 0 Å². The zero-order valence-electron chi connectivity index (χ0n) is 9.72. The van der Waals surface area contributed by atoms with E-state index in [2.05, 4.69) is 10.3 Å². The van der Waals surface area contributed by atoms with E-state index in [1.165, 1.54) is 12.3 Å². The molecule has 0 aliphatic carbocycles. The lowest BCUT2D eigenvalue weighted by Gasteiger charge is -2.25. The maximum atomic E-state index is 12.6. The first-order valence-corrected chi connectivity index (χ1v) is 4.95. The van der Waals surface area contributed by atoms with Crippen molar-refractivity contribution in [2.45, 2.75) is 26.9 Å². The highest BCUT2D eigenvalue weighted by Gasteiger charge is 2.52. The lowest BCUT2D eigenvalue weighted by Crippen LogP contribution is -2.43. The second kappa shape index (κ2) is 4.35. The summed E-state index contributed by atoms with van der Waals surface area (Å²) in [5.74, 6) is -1.01. The molecule has 1 aromatic rings. The summed E-state index contributed by atoms with van der Waals surface area (Å²) in [6.07, 6.45) is -3.13. The Hall–Kier alpha value is -1.59. The molecule has 0 fully saturated rings. The molecule has 0 aliphatic heterocycles. The predicted molar refractivity (Wildman–Crippen MR) is 57.4 cm³/mol. The van der Waals surface area contributed by atoms with Crippen LogP contribution < -0.4 is 5.32 Å². The van der Waals surface area contributed by atoms with Crippen LogP contribution in [0.15, 0.2) is 18.3 Å². The van der Waals surface area contributed by atoms with Gasteiger partial charge < -0.3 is 5.32 Å². The summed E-state index contributed by atoms with van der Waals surface area (Å²) in [4.78, 5) is 15.3. The van der Waals surface area contributed by atoms with Gasteiger partial charge in [-0.05, 0) is 32.4 Å². The van der Waals surface area contributed by atoms with Crippen LogP contribution in [0.4, 0.5) is 19.0 Å². The normalized spacial score (nSPS) is 12.4. The van der Waals surface area contributed by atoms with E-state index >= 15 is 0 Å². The topological polar surface area (TPSA) is 42.0 Å². The number of aryl methyl sites for hydroxylation is 1. The van der Waals surface area contributed by atoms with Crippen molar-refractivity contribution in [2.24, 2.45) is 5.41 Å². The molecule has 1 N–H and O–H groups in total. The number of carbonyl (C=O) groups is 1. The largest absolute Gasteiger partial charge is 0.402 e. The first-order chi connectivity index (χ1) is 7.64. The number of amides is 1. The molecule has 0 radical (unpaired) electrons. The molecular weight excluding hydrogens is 233 g/mol. The van der Waals surface area contributed by atoms with E-state index in [0.717, 1.165) is 19.4 Å². The molecule has 0 unspecified atom stereocenters. The van der Waals surface area contributed by atoms with Crippen LogP contribution >= 0.6 is 0 Å². The van der Waals surface area contributed by atoms with Crippen LogP contribution in [-0.4, -0.2) is 17.1 Å². The fraction of sp³-hybridized carbons (Fsp3) is 0.455. The summed E-state index contributed by atoms with van der Waals surface area (Å²) in [6, 6.07) is 3.11. The average Bonchev–Trinajstić information content (AvgIpc) is 2.19. The number of anilines is 1. The number of nitrogens with zero attached hydrogens (tertiary/aromatic N) is 1. The van der Waals surface area contributed by atoms with E-state index in [1.807, 2.05) is 0 Å². The maximum Gasteiger partial charge on any atom is 0.402 e. The number of halogens is 3. The van der Waals surface area contributed by atoms with Gasteiger partial charge in [-0.25, -0.2) is 4.98 Å². The number of nitrogens with one attached hydrogen (secondary N) is 1. The number of hydrogen-bond acceptors (Lipinski definition) is 2. The van der Waals surface area contributed by atoms with Crippen LogP contribution in [0.3, 0.4) is 0 Å². The number of hydrogen-bond donors (Lipinski definition) is 1. The highest BCUT2D eigenvalue weighted by Crippen LogP contribution is 2.38. The van der Waals surface area contributed by atoms with Gasteiger partial charge in [0.1, 0.15) is 11.2 Å². The molecule has 0 aliphatic rings. The van der Waals surface area contributed by atoms with Gasteiger partial charge in [-0.2, -0.15) is 13.2 Å². The zero-order valence-corrected chi connectivity index (χ0v) is 9.72. The number of pyridine rings is 1. The van der Waals surface area contributed by atoms with Crippen molar-refractivity contribution in [3.63, 3.8) is 0 Å². The summed E-state index contributed by atoms with van der Waals surface area (Å²) in [5, 5.41) is 2.15. The maximum absolute atomic E-state index is 12.6. The van der Waals surface area contributed by atoms with Crippen LogP contribution in [-0.2, 0) is 4.79 Å². The van der Waals surface area contributed by atoms with E-state index in [-0.39, 0.29) is 5.82 Å². The second-order valence-electron chi connectivity index (χ2n) is 4.30. The van der Waals surface area contributed by atoms with Crippen LogP contribution in [0, 0.1) is 12.3 Å². The van der Waals surface area contributed by atoms with Crippen LogP contribution in [0.2, 0.25) is 0 Å². The molecule has 6 heteroatoms. The molecule has 0 atom stereocenters. The van der Waals surface area contributed by atoms with Crippen molar-refractivity contribution < 1.29 is 18.0 Å². The monoisotopic (exact) mass is 246 g/mol. The Morgan fingerprint density at radius 2 is 1.88 bits per heavy atom. The van der Waals surface area contributed by atoms with Gasteiger partial charge in [-0.1, -0.05) is 6.07 Å². The first-order valence-electron chi connectivity index (χ1n) is 4.95. The second-order valence-corrected chi connectivity index (χ2v) is 4.30. The molecule has 0 bridgehead atoms. The summed E-state index contributed by atoms with van der Waals surface area (Å²) in [7, 11) is 0.